The summed E-state index contributed by atoms with van der Waals surface area (Å²) in [7, 11) is 0. The van der Waals surface area contributed by atoms with Gasteiger partial charge < -0.3 is 5.73 Å². The minimum Gasteiger partial charge on any atom is -0.326 e. The Hall–Kier alpha value is -0.610. The SMILES string of the molecule is Cl.Cl.NCc1scnc1-c1ccccc1. The second kappa shape index (κ2) is 6.80. The largest absolute Gasteiger partial charge is 0.326 e. The van der Waals surface area contributed by atoms with Crippen LogP contribution in [0.1, 0.15) is 4.88 Å². The van der Waals surface area contributed by atoms with Crippen LogP contribution >= 0.6 is 36.2 Å². The molecule has 1 heterocycles. The number of thiazole rings is 1. The van der Waals surface area contributed by atoms with E-state index in [4.69, 9.17) is 5.73 Å². The maximum absolute atomic E-state index is 5.60. The van der Waals surface area contributed by atoms with Gasteiger partial charge in [0.15, 0.2) is 0 Å². The van der Waals surface area contributed by atoms with Crippen LogP contribution in [0.15, 0.2) is 35.8 Å². The van der Waals surface area contributed by atoms with E-state index in [-0.39, 0.29) is 24.8 Å². The molecule has 2 aromatic rings. The number of rotatable bonds is 2. The van der Waals surface area contributed by atoms with Crippen molar-refractivity contribution in [3.05, 3.63) is 40.7 Å². The van der Waals surface area contributed by atoms with Gasteiger partial charge in [-0.25, -0.2) is 4.98 Å². The van der Waals surface area contributed by atoms with E-state index >= 15 is 0 Å². The molecule has 0 saturated carbocycles. The number of aromatic nitrogens is 1. The Morgan fingerprint density at radius 2 is 1.80 bits per heavy atom. The highest BCUT2D eigenvalue weighted by atomic mass is 35.5. The predicted octanol–water partition coefficient (Wildman–Crippen LogP) is 3.11. The van der Waals surface area contributed by atoms with E-state index in [0.29, 0.717) is 6.54 Å². The van der Waals surface area contributed by atoms with E-state index in [1.165, 1.54) is 0 Å². The third kappa shape index (κ3) is 3.18. The molecule has 0 bridgehead atoms. The van der Waals surface area contributed by atoms with Gasteiger partial charge in [-0.3, -0.25) is 0 Å². The molecular weight excluding hydrogens is 251 g/mol. The second-order valence-corrected chi connectivity index (χ2v) is 3.63. The van der Waals surface area contributed by atoms with E-state index in [2.05, 4.69) is 4.98 Å². The zero-order chi connectivity index (χ0) is 9.10. The zero-order valence-electron chi connectivity index (χ0n) is 7.92. The molecule has 2 rings (SSSR count). The summed E-state index contributed by atoms with van der Waals surface area (Å²) in [5.74, 6) is 0. The van der Waals surface area contributed by atoms with Crippen molar-refractivity contribution < 1.29 is 0 Å². The van der Waals surface area contributed by atoms with Crippen molar-refractivity contribution in [1.82, 2.24) is 4.98 Å². The molecule has 0 aliphatic rings. The molecule has 5 heteroatoms. The smallest absolute Gasteiger partial charge is 0.0856 e. The van der Waals surface area contributed by atoms with Gasteiger partial charge in [-0.05, 0) is 0 Å². The van der Waals surface area contributed by atoms with Crippen LogP contribution in [0.3, 0.4) is 0 Å². The first kappa shape index (κ1) is 14.4. The molecule has 1 aromatic heterocycles. The summed E-state index contributed by atoms with van der Waals surface area (Å²) in [6.45, 7) is 0.564. The van der Waals surface area contributed by atoms with E-state index in [9.17, 15) is 0 Å². The summed E-state index contributed by atoms with van der Waals surface area (Å²) in [5, 5.41) is 0. The molecular formula is C10H12Cl2N2S. The molecule has 2 nitrogen and oxygen atoms in total. The van der Waals surface area contributed by atoms with Crippen LogP contribution in [0.2, 0.25) is 0 Å². The van der Waals surface area contributed by atoms with Gasteiger partial charge in [-0.15, -0.1) is 36.2 Å². The molecule has 0 radical (unpaired) electrons. The van der Waals surface area contributed by atoms with Crippen LogP contribution < -0.4 is 5.73 Å². The van der Waals surface area contributed by atoms with E-state index in [1.807, 2.05) is 35.8 Å². The van der Waals surface area contributed by atoms with Gasteiger partial charge in [-0.2, -0.15) is 0 Å². The molecule has 0 fully saturated rings. The second-order valence-electron chi connectivity index (χ2n) is 2.69. The zero-order valence-corrected chi connectivity index (χ0v) is 10.4. The van der Waals surface area contributed by atoms with Crippen molar-refractivity contribution >= 4 is 36.2 Å². The summed E-state index contributed by atoms with van der Waals surface area (Å²) in [6.07, 6.45) is 0. The van der Waals surface area contributed by atoms with Crippen LogP contribution in [0.5, 0.6) is 0 Å². The summed E-state index contributed by atoms with van der Waals surface area (Å²) in [4.78, 5) is 5.44. The molecule has 2 N–H and O–H groups in total. The number of hydrogen-bond donors (Lipinski definition) is 1. The average Bonchev–Trinajstić information content (AvgIpc) is 2.67. The highest BCUT2D eigenvalue weighted by Crippen LogP contribution is 2.24. The molecule has 1 aromatic carbocycles. The molecule has 0 saturated heterocycles. The van der Waals surface area contributed by atoms with Crippen molar-refractivity contribution in [3.63, 3.8) is 0 Å². The Labute approximate surface area is 105 Å². The van der Waals surface area contributed by atoms with Crippen molar-refractivity contribution in [2.45, 2.75) is 6.54 Å². The van der Waals surface area contributed by atoms with Crippen LogP contribution in [-0.4, -0.2) is 4.98 Å². The summed E-state index contributed by atoms with van der Waals surface area (Å²) in [6, 6.07) is 10.1. The van der Waals surface area contributed by atoms with E-state index in [1.54, 1.807) is 11.3 Å². The van der Waals surface area contributed by atoms with Crippen LogP contribution in [-0.2, 0) is 6.54 Å². The van der Waals surface area contributed by atoms with Crippen LogP contribution in [0.4, 0.5) is 0 Å². The Bertz CT molecular complexity index is 389. The lowest BCUT2D eigenvalue weighted by atomic mass is 10.1. The monoisotopic (exact) mass is 262 g/mol. The molecule has 82 valence electrons. The quantitative estimate of drug-likeness (QED) is 0.904. The van der Waals surface area contributed by atoms with Crippen molar-refractivity contribution in [2.24, 2.45) is 5.73 Å². The first-order valence-corrected chi connectivity index (χ1v) is 4.97. The Morgan fingerprint density at radius 3 is 2.40 bits per heavy atom. The summed E-state index contributed by atoms with van der Waals surface area (Å²) in [5.41, 5.74) is 9.60. The lowest BCUT2D eigenvalue weighted by Gasteiger charge is -1.98. The molecule has 0 atom stereocenters. The molecule has 0 aliphatic carbocycles. The van der Waals surface area contributed by atoms with Gasteiger partial charge in [0.25, 0.3) is 0 Å². The Kier molecular flexibility index (Phi) is 6.52. The standard InChI is InChI=1S/C10H10N2S.2ClH/c11-6-9-10(12-7-13-9)8-4-2-1-3-5-8;;/h1-5,7H,6,11H2;2*1H. The van der Waals surface area contributed by atoms with Crippen LogP contribution in [0, 0.1) is 0 Å². The van der Waals surface area contributed by atoms with Crippen molar-refractivity contribution in [2.75, 3.05) is 0 Å². The summed E-state index contributed by atoms with van der Waals surface area (Å²) < 4.78 is 0. The van der Waals surface area contributed by atoms with Gasteiger partial charge in [0.1, 0.15) is 0 Å². The van der Waals surface area contributed by atoms with Crippen molar-refractivity contribution in [3.8, 4) is 11.3 Å². The number of halogens is 2. The maximum Gasteiger partial charge on any atom is 0.0856 e. The van der Waals surface area contributed by atoms with Crippen LogP contribution in [0.25, 0.3) is 11.3 Å². The molecule has 0 spiro atoms. The first-order chi connectivity index (χ1) is 6.42. The number of benzene rings is 1. The van der Waals surface area contributed by atoms with Gasteiger partial charge >= 0.3 is 0 Å². The fraction of sp³-hybridized carbons (Fsp3) is 0.100. The van der Waals surface area contributed by atoms with Gasteiger partial charge in [0.05, 0.1) is 11.2 Å². The minimum absolute atomic E-state index is 0. The maximum atomic E-state index is 5.60. The Balaban J connectivity index is 0.000000980. The van der Waals surface area contributed by atoms with E-state index in [0.717, 1.165) is 16.1 Å². The molecule has 0 amide bonds. The fourth-order valence-electron chi connectivity index (χ4n) is 1.25. The number of nitrogens with zero attached hydrogens (tertiary/aromatic N) is 1. The number of hydrogen-bond acceptors (Lipinski definition) is 3. The Morgan fingerprint density at radius 1 is 1.13 bits per heavy atom. The molecule has 0 aliphatic heterocycles. The van der Waals surface area contributed by atoms with Gasteiger partial charge in [0, 0.05) is 17.0 Å². The summed E-state index contributed by atoms with van der Waals surface area (Å²) >= 11 is 1.61. The first-order valence-electron chi connectivity index (χ1n) is 4.09. The van der Waals surface area contributed by atoms with E-state index < -0.39 is 0 Å². The predicted molar refractivity (Wildman–Crippen MR) is 69.9 cm³/mol. The minimum atomic E-state index is 0. The highest BCUT2D eigenvalue weighted by Gasteiger charge is 2.05. The molecule has 15 heavy (non-hydrogen) atoms. The third-order valence-corrected chi connectivity index (χ3v) is 2.73. The normalized spacial score (nSPS) is 8.87. The van der Waals surface area contributed by atoms with Crippen molar-refractivity contribution in [1.29, 1.82) is 0 Å². The topological polar surface area (TPSA) is 38.9 Å². The fourth-order valence-corrected chi connectivity index (χ4v) is 1.91. The molecule has 0 unspecified atom stereocenters. The lowest BCUT2D eigenvalue weighted by Crippen LogP contribution is -1.95. The third-order valence-electron chi connectivity index (χ3n) is 1.87. The number of nitrogens with two attached hydrogens (primary N) is 1. The van der Waals surface area contributed by atoms with Gasteiger partial charge in [0.2, 0.25) is 0 Å². The van der Waals surface area contributed by atoms with Gasteiger partial charge in [-0.1, -0.05) is 30.3 Å². The highest BCUT2D eigenvalue weighted by molar-refractivity contribution is 7.10. The lowest BCUT2D eigenvalue weighted by molar-refractivity contribution is 1.10. The average molecular weight is 263 g/mol.